The average Bonchev–Trinajstić information content (AvgIpc) is 2.95. The molecule has 4 nitrogen and oxygen atoms in total. The number of carbonyl (C=O) groups excluding carboxylic acids is 1. The first-order valence-corrected chi connectivity index (χ1v) is 8.12. The van der Waals surface area contributed by atoms with Gasteiger partial charge in [0.25, 0.3) is 0 Å². The highest BCUT2D eigenvalue weighted by Gasteiger charge is 2.53. The summed E-state index contributed by atoms with van der Waals surface area (Å²) in [6, 6.07) is 5.63. The van der Waals surface area contributed by atoms with Crippen molar-refractivity contribution < 1.29 is 32.3 Å². The molecule has 1 amide bonds. The van der Waals surface area contributed by atoms with Gasteiger partial charge >= 0.3 is 12.1 Å². The van der Waals surface area contributed by atoms with Gasteiger partial charge in [0.05, 0.1) is 11.8 Å². The largest absolute Gasteiger partial charge is 0.481 e. The molecule has 24 heavy (non-hydrogen) atoms. The molecule has 0 radical (unpaired) electrons. The zero-order chi connectivity index (χ0) is 17.9. The second-order valence-electron chi connectivity index (χ2n) is 5.44. The van der Waals surface area contributed by atoms with Crippen LogP contribution >= 0.6 is 11.8 Å². The lowest BCUT2D eigenvalue weighted by Crippen LogP contribution is -2.34. The maximum absolute atomic E-state index is 12.9. The number of rotatable bonds is 5. The number of likely N-dealkylation sites (tertiary alicyclic amines) is 1. The molecular weight excluding hydrogens is 350 g/mol. The van der Waals surface area contributed by atoms with E-state index in [1.807, 2.05) is 0 Å². The average molecular weight is 365 g/mol. The zero-order valence-electron chi connectivity index (χ0n) is 12.4. The van der Waals surface area contributed by atoms with Crippen molar-refractivity contribution in [2.24, 2.45) is 11.8 Å². The normalized spacial score (nSPS) is 21.1. The number of carbonyl (C=O) groups is 2. The van der Waals surface area contributed by atoms with Gasteiger partial charge in [0, 0.05) is 30.2 Å². The lowest BCUT2D eigenvalue weighted by atomic mass is 9.96. The van der Waals surface area contributed by atoms with E-state index in [9.17, 15) is 27.2 Å². The van der Waals surface area contributed by atoms with Gasteiger partial charge in [-0.05, 0) is 24.3 Å². The lowest BCUT2D eigenvalue weighted by Gasteiger charge is -2.18. The number of nitrogens with zero attached hydrogens (tertiary/aromatic N) is 1. The van der Waals surface area contributed by atoms with Gasteiger partial charge in [-0.15, -0.1) is 11.8 Å². The van der Waals surface area contributed by atoms with Crippen molar-refractivity contribution in [3.63, 3.8) is 0 Å². The maximum Gasteiger partial charge on any atom is 0.394 e. The van der Waals surface area contributed by atoms with Crippen molar-refractivity contribution in [1.29, 1.82) is 0 Å². The van der Waals surface area contributed by atoms with E-state index in [0.29, 0.717) is 5.75 Å². The summed E-state index contributed by atoms with van der Waals surface area (Å²) >= 11 is 1.28. The lowest BCUT2D eigenvalue weighted by molar-refractivity contribution is -0.188. The minimum atomic E-state index is -4.65. The predicted octanol–water partition coefficient (Wildman–Crippen LogP) is 3.03. The van der Waals surface area contributed by atoms with Crippen molar-refractivity contribution in [1.82, 2.24) is 4.90 Å². The number of halogens is 4. The summed E-state index contributed by atoms with van der Waals surface area (Å²) in [5.41, 5.74) is 0. The molecule has 2 rings (SSSR count). The molecule has 2 atom stereocenters. The second-order valence-corrected chi connectivity index (χ2v) is 6.61. The summed E-state index contributed by atoms with van der Waals surface area (Å²) in [6.45, 7) is -1.06. The zero-order valence-corrected chi connectivity index (χ0v) is 13.2. The van der Waals surface area contributed by atoms with E-state index in [0.717, 1.165) is 9.80 Å². The molecule has 1 aliphatic rings. The van der Waals surface area contributed by atoms with E-state index in [1.165, 1.54) is 23.9 Å². The van der Waals surface area contributed by atoms with E-state index < -0.39 is 43.0 Å². The van der Waals surface area contributed by atoms with Gasteiger partial charge in [0.15, 0.2) is 0 Å². The van der Waals surface area contributed by atoms with Crippen LogP contribution in [0.1, 0.15) is 6.42 Å². The van der Waals surface area contributed by atoms with Crippen molar-refractivity contribution >= 4 is 23.6 Å². The van der Waals surface area contributed by atoms with Crippen LogP contribution in [0.3, 0.4) is 0 Å². The van der Waals surface area contributed by atoms with Crippen LogP contribution in [-0.2, 0) is 9.59 Å². The highest BCUT2D eigenvalue weighted by molar-refractivity contribution is 7.99. The quantitative estimate of drug-likeness (QED) is 0.644. The van der Waals surface area contributed by atoms with Crippen molar-refractivity contribution in [3.05, 3.63) is 30.1 Å². The van der Waals surface area contributed by atoms with Crippen LogP contribution in [-0.4, -0.2) is 46.9 Å². The Balaban J connectivity index is 1.88. The Morgan fingerprint density at radius 1 is 1.21 bits per heavy atom. The monoisotopic (exact) mass is 365 g/mol. The van der Waals surface area contributed by atoms with Crippen LogP contribution < -0.4 is 0 Å². The Labute approximate surface area is 139 Å². The third-order valence-corrected chi connectivity index (χ3v) is 4.82. The van der Waals surface area contributed by atoms with Crippen LogP contribution in [0.2, 0.25) is 0 Å². The van der Waals surface area contributed by atoms with Gasteiger partial charge in [0.1, 0.15) is 5.82 Å². The summed E-state index contributed by atoms with van der Waals surface area (Å²) in [5.74, 6) is -5.79. The molecule has 0 unspecified atom stereocenters. The fraction of sp³-hybridized carbons (Fsp3) is 0.467. The number of thioether (sulfide) groups is 1. The standard InChI is InChI=1S/C15H15F4NO3S/c16-9-1-3-10(4-2-9)24-6-5-13(21)20-7-11(14(22)23)12(8-20)15(17,18)19/h1-4,11-12H,5-8H2,(H,22,23)/t11-,12-/m1/s1. The SMILES string of the molecule is O=C(O)[C@@H]1CN(C(=O)CCSc2ccc(F)cc2)C[C@H]1C(F)(F)F. The predicted molar refractivity (Wildman–Crippen MR) is 79.0 cm³/mol. The van der Waals surface area contributed by atoms with E-state index >= 15 is 0 Å². The number of alkyl halides is 3. The summed E-state index contributed by atoms with van der Waals surface area (Å²) in [5, 5.41) is 8.92. The molecule has 1 aromatic rings. The third-order valence-electron chi connectivity index (χ3n) is 3.81. The number of benzene rings is 1. The highest BCUT2D eigenvalue weighted by Crippen LogP contribution is 2.38. The van der Waals surface area contributed by atoms with Crippen LogP contribution in [0.15, 0.2) is 29.2 Å². The number of aliphatic carboxylic acids is 1. The van der Waals surface area contributed by atoms with Crippen molar-refractivity contribution in [2.45, 2.75) is 17.5 Å². The summed E-state index contributed by atoms with van der Waals surface area (Å²) in [7, 11) is 0. The van der Waals surface area contributed by atoms with E-state index in [1.54, 1.807) is 12.1 Å². The van der Waals surface area contributed by atoms with E-state index in [-0.39, 0.29) is 12.2 Å². The third kappa shape index (κ3) is 4.62. The number of carboxylic acids is 1. The molecule has 0 spiro atoms. The van der Waals surface area contributed by atoms with Crippen LogP contribution in [0, 0.1) is 17.7 Å². The van der Waals surface area contributed by atoms with Gasteiger partial charge in [-0.25, -0.2) is 4.39 Å². The molecule has 9 heteroatoms. The fourth-order valence-corrected chi connectivity index (χ4v) is 3.38. The molecular formula is C15H15F4NO3S. The molecule has 1 N–H and O–H groups in total. The molecule has 1 aliphatic heterocycles. The van der Waals surface area contributed by atoms with Crippen LogP contribution in [0.4, 0.5) is 17.6 Å². The first kappa shape index (κ1) is 18.6. The van der Waals surface area contributed by atoms with Crippen LogP contribution in [0.5, 0.6) is 0 Å². The Kier molecular flexibility index (Phi) is 5.74. The van der Waals surface area contributed by atoms with Gasteiger partial charge in [-0.1, -0.05) is 0 Å². The molecule has 0 aromatic heterocycles. The molecule has 132 valence electrons. The smallest absolute Gasteiger partial charge is 0.394 e. The highest BCUT2D eigenvalue weighted by atomic mass is 32.2. The summed E-state index contributed by atoms with van der Waals surface area (Å²) in [6.07, 6.45) is -4.67. The maximum atomic E-state index is 12.9. The Hall–Kier alpha value is -1.77. The van der Waals surface area contributed by atoms with Gasteiger partial charge < -0.3 is 10.0 Å². The molecule has 1 aromatic carbocycles. The fourth-order valence-electron chi connectivity index (χ4n) is 2.53. The molecule has 0 aliphatic carbocycles. The first-order chi connectivity index (χ1) is 11.2. The summed E-state index contributed by atoms with van der Waals surface area (Å²) < 4.78 is 51.4. The first-order valence-electron chi connectivity index (χ1n) is 7.14. The van der Waals surface area contributed by atoms with Crippen molar-refractivity contribution in [2.75, 3.05) is 18.8 Å². The minimum absolute atomic E-state index is 0.0149. The number of hydrogen-bond donors (Lipinski definition) is 1. The van der Waals surface area contributed by atoms with E-state index in [4.69, 9.17) is 5.11 Å². The minimum Gasteiger partial charge on any atom is -0.481 e. The molecule has 0 bridgehead atoms. The van der Waals surface area contributed by atoms with Gasteiger partial charge in [-0.2, -0.15) is 13.2 Å². The van der Waals surface area contributed by atoms with Gasteiger partial charge in [0.2, 0.25) is 5.91 Å². The topological polar surface area (TPSA) is 57.6 Å². The Morgan fingerprint density at radius 3 is 2.33 bits per heavy atom. The second kappa shape index (κ2) is 7.42. The summed E-state index contributed by atoms with van der Waals surface area (Å²) in [4.78, 5) is 24.7. The molecule has 1 heterocycles. The Bertz CT molecular complexity index is 606. The number of carboxylic acid groups (broad SMARTS) is 1. The van der Waals surface area contributed by atoms with Crippen LogP contribution in [0.25, 0.3) is 0 Å². The number of hydrogen-bond acceptors (Lipinski definition) is 3. The Morgan fingerprint density at radius 2 is 1.83 bits per heavy atom. The number of amides is 1. The van der Waals surface area contributed by atoms with E-state index in [2.05, 4.69) is 0 Å². The molecule has 0 saturated carbocycles. The molecule has 1 fully saturated rings. The molecule has 1 saturated heterocycles. The van der Waals surface area contributed by atoms with Crippen molar-refractivity contribution in [3.8, 4) is 0 Å². The van der Waals surface area contributed by atoms with Gasteiger partial charge in [-0.3, -0.25) is 9.59 Å².